The Labute approximate surface area is 94.8 Å². The van der Waals surface area contributed by atoms with Crippen LogP contribution < -0.4 is 4.74 Å². The van der Waals surface area contributed by atoms with Crippen molar-refractivity contribution in [1.29, 1.82) is 0 Å². The van der Waals surface area contributed by atoms with Gasteiger partial charge in [-0.15, -0.1) is 0 Å². The second-order valence-corrected chi connectivity index (χ2v) is 3.41. The highest BCUT2D eigenvalue weighted by Gasteiger charge is 2.06. The Kier molecular flexibility index (Phi) is 4.79. The second kappa shape index (κ2) is 6.12. The summed E-state index contributed by atoms with van der Waals surface area (Å²) in [6.45, 7) is 2.49. The van der Waals surface area contributed by atoms with E-state index in [1.54, 1.807) is 19.2 Å². The van der Waals surface area contributed by atoms with Crippen LogP contribution in [0.1, 0.15) is 23.7 Å². The van der Waals surface area contributed by atoms with Crippen LogP contribution >= 0.6 is 0 Å². The van der Waals surface area contributed by atoms with Crippen LogP contribution in [0.25, 0.3) is 0 Å². The molecule has 4 heteroatoms. The van der Waals surface area contributed by atoms with E-state index in [1.807, 2.05) is 6.92 Å². The van der Waals surface area contributed by atoms with E-state index < -0.39 is 5.97 Å². The molecule has 0 heterocycles. The molecule has 0 saturated heterocycles. The van der Waals surface area contributed by atoms with Crippen LogP contribution in [0.2, 0.25) is 0 Å². The zero-order valence-corrected chi connectivity index (χ0v) is 9.47. The normalized spacial score (nSPS) is 12.1. The van der Waals surface area contributed by atoms with Gasteiger partial charge >= 0.3 is 5.97 Å². The second-order valence-electron chi connectivity index (χ2n) is 3.41. The standard InChI is InChI=1S/C12H16O4/c1-3-10(15-2)8-16-11-6-4-9(5-7-11)12(13)14/h4-7,10H,3,8H2,1-2H3,(H,13,14). The lowest BCUT2D eigenvalue weighted by molar-refractivity contribution is 0.0555. The van der Waals surface area contributed by atoms with E-state index in [2.05, 4.69) is 0 Å². The molecule has 0 bridgehead atoms. The average molecular weight is 224 g/mol. The number of methoxy groups -OCH3 is 1. The SMILES string of the molecule is CCC(COc1ccc(C(=O)O)cc1)OC. The number of ether oxygens (including phenoxy) is 2. The van der Waals surface area contributed by atoms with Gasteiger partial charge in [0.1, 0.15) is 12.4 Å². The molecule has 0 aliphatic carbocycles. The number of benzene rings is 1. The minimum Gasteiger partial charge on any atom is -0.491 e. The maximum atomic E-state index is 10.6. The molecule has 1 aromatic carbocycles. The Hall–Kier alpha value is -1.55. The maximum Gasteiger partial charge on any atom is 0.335 e. The highest BCUT2D eigenvalue weighted by Crippen LogP contribution is 2.13. The van der Waals surface area contributed by atoms with Crippen molar-refractivity contribution in [1.82, 2.24) is 0 Å². The molecule has 1 aromatic rings. The van der Waals surface area contributed by atoms with Crippen molar-refractivity contribution in [3.8, 4) is 5.75 Å². The zero-order chi connectivity index (χ0) is 12.0. The summed E-state index contributed by atoms with van der Waals surface area (Å²) in [5, 5.41) is 8.71. The van der Waals surface area contributed by atoms with Gasteiger partial charge in [0, 0.05) is 7.11 Å². The predicted molar refractivity (Wildman–Crippen MR) is 60.0 cm³/mol. The van der Waals surface area contributed by atoms with E-state index in [0.29, 0.717) is 12.4 Å². The molecule has 0 saturated carbocycles. The first kappa shape index (κ1) is 12.5. The third kappa shape index (κ3) is 3.55. The molecule has 0 aliphatic rings. The highest BCUT2D eigenvalue weighted by atomic mass is 16.5. The minimum atomic E-state index is -0.935. The van der Waals surface area contributed by atoms with Crippen LogP contribution in [-0.4, -0.2) is 30.9 Å². The van der Waals surface area contributed by atoms with Crippen LogP contribution in [0.15, 0.2) is 24.3 Å². The fourth-order valence-electron chi connectivity index (χ4n) is 1.24. The molecule has 0 aliphatic heterocycles. The van der Waals surface area contributed by atoms with Gasteiger partial charge < -0.3 is 14.6 Å². The van der Waals surface area contributed by atoms with Crippen molar-refractivity contribution in [2.24, 2.45) is 0 Å². The van der Waals surface area contributed by atoms with Crippen LogP contribution in [0, 0.1) is 0 Å². The summed E-state index contributed by atoms with van der Waals surface area (Å²) in [5.41, 5.74) is 0.256. The van der Waals surface area contributed by atoms with Crippen molar-refractivity contribution < 1.29 is 19.4 Å². The van der Waals surface area contributed by atoms with Gasteiger partial charge in [-0.3, -0.25) is 0 Å². The monoisotopic (exact) mass is 224 g/mol. The summed E-state index contributed by atoms with van der Waals surface area (Å²) < 4.78 is 10.6. The minimum absolute atomic E-state index is 0.0687. The molecule has 1 atom stereocenters. The molecule has 0 amide bonds. The molecule has 16 heavy (non-hydrogen) atoms. The van der Waals surface area contributed by atoms with Crippen LogP contribution in [-0.2, 0) is 4.74 Å². The lowest BCUT2D eigenvalue weighted by Crippen LogP contribution is -2.19. The molecule has 1 unspecified atom stereocenters. The lowest BCUT2D eigenvalue weighted by Gasteiger charge is -2.14. The van der Waals surface area contributed by atoms with E-state index in [1.165, 1.54) is 12.1 Å². The number of hydrogen-bond donors (Lipinski definition) is 1. The van der Waals surface area contributed by atoms with Gasteiger partial charge in [0.2, 0.25) is 0 Å². The average Bonchev–Trinajstić information content (AvgIpc) is 2.31. The van der Waals surface area contributed by atoms with E-state index in [0.717, 1.165) is 6.42 Å². The van der Waals surface area contributed by atoms with Gasteiger partial charge in [0.15, 0.2) is 0 Å². The maximum absolute atomic E-state index is 10.6. The van der Waals surface area contributed by atoms with Crippen molar-refractivity contribution >= 4 is 5.97 Å². The Bertz CT molecular complexity index is 327. The molecule has 0 aromatic heterocycles. The summed E-state index contributed by atoms with van der Waals surface area (Å²) in [6, 6.07) is 6.33. The summed E-state index contributed by atoms with van der Waals surface area (Å²) in [7, 11) is 1.64. The number of carbonyl (C=O) groups is 1. The fraction of sp³-hybridized carbons (Fsp3) is 0.417. The predicted octanol–water partition coefficient (Wildman–Crippen LogP) is 2.19. The van der Waals surface area contributed by atoms with Gasteiger partial charge in [-0.2, -0.15) is 0 Å². The summed E-state index contributed by atoms with van der Waals surface area (Å²) in [5.74, 6) is -0.282. The summed E-state index contributed by atoms with van der Waals surface area (Å²) in [6.07, 6.45) is 0.947. The van der Waals surface area contributed by atoms with Gasteiger partial charge in [-0.05, 0) is 30.7 Å². The number of rotatable bonds is 6. The first-order valence-electron chi connectivity index (χ1n) is 5.16. The molecular formula is C12H16O4. The smallest absolute Gasteiger partial charge is 0.335 e. The Morgan fingerprint density at radius 1 is 1.38 bits per heavy atom. The highest BCUT2D eigenvalue weighted by molar-refractivity contribution is 5.87. The van der Waals surface area contributed by atoms with E-state index >= 15 is 0 Å². The molecule has 1 rings (SSSR count). The van der Waals surface area contributed by atoms with E-state index in [-0.39, 0.29) is 11.7 Å². The van der Waals surface area contributed by atoms with Crippen LogP contribution in [0.5, 0.6) is 5.75 Å². The van der Waals surface area contributed by atoms with Crippen LogP contribution in [0.3, 0.4) is 0 Å². The van der Waals surface area contributed by atoms with E-state index in [9.17, 15) is 4.79 Å². The third-order valence-electron chi connectivity index (χ3n) is 2.33. The molecule has 88 valence electrons. The van der Waals surface area contributed by atoms with Crippen molar-refractivity contribution in [2.45, 2.75) is 19.4 Å². The Morgan fingerprint density at radius 2 is 2.00 bits per heavy atom. The summed E-state index contributed by atoms with van der Waals surface area (Å²) >= 11 is 0. The van der Waals surface area contributed by atoms with Gasteiger partial charge in [0.05, 0.1) is 11.7 Å². The Balaban J connectivity index is 2.52. The van der Waals surface area contributed by atoms with Gasteiger partial charge in [0.25, 0.3) is 0 Å². The molecular weight excluding hydrogens is 208 g/mol. The van der Waals surface area contributed by atoms with Crippen LogP contribution in [0.4, 0.5) is 0 Å². The largest absolute Gasteiger partial charge is 0.491 e. The van der Waals surface area contributed by atoms with Gasteiger partial charge in [-0.1, -0.05) is 6.92 Å². The molecule has 0 radical (unpaired) electrons. The molecule has 0 spiro atoms. The van der Waals surface area contributed by atoms with E-state index in [4.69, 9.17) is 14.6 Å². The lowest BCUT2D eigenvalue weighted by atomic mass is 10.2. The molecule has 1 N–H and O–H groups in total. The quantitative estimate of drug-likeness (QED) is 0.804. The third-order valence-corrected chi connectivity index (χ3v) is 2.33. The van der Waals surface area contributed by atoms with Crippen molar-refractivity contribution in [2.75, 3.05) is 13.7 Å². The Morgan fingerprint density at radius 3 is 2.44 bits per heavy atom. The number of aromatic carboxylic acids is 1. The zero-order valence-electron chi connectivity index (χ0n) is 9.47. The van der Waals surface area contributed by atoms with Crippen molar-refractivity contribution in [3.63, 3.8) is 0 Å². The molecule has 0 fully saturated rings. The number of hydrogen-bond acceptors (Lipinski definition) is 3. The topological polar surface area (TPSA) is 55.8 Å². The first-order chi connectivity index (χ1) is 7.67. The summed E-state index contributed by atoms with van der Waals surface area (Å²) in [4.78, 5) is 10.6. The first-order valence-corrected chi connectivity index (χ1v) is 5.16. The number of carboxylic acids is 1. The van der Waals surface area contributed by atoms with Crippen molar-refractivity contribution in [3.05, 3.63) is 29.8 Å². The molecule has 4 nitrogen and oxygen atoms in total. The number of carboxylic acid groups (broad SMARTS) is 1. The van der Waals surface area contributed by atoms with Gasteiger partial charge in [-0.25, -0.2) is 4.79 Å². The fourth-order valence-corrected chi connectivity index (χ4v) is 1.24.